The summed E-state index contributed by atoms with van der Waals surface area (Å²) in [7, 11) is 0. The Kier molecular flexibility index (Phi) is 5.41. The van der Waals surface area contributed by atoms with Crippen molar-refractivity contribution in [1.82, 2.24) is 9.88 Å². The summed E-state index contributed by atoms with van der Waals surface area (Å²) in [5.74, 6) is 1.92. The molecule has 0 unspecified atom stereocenters. The molecule has 0 saturated carbocycles. The Bertz CT molecular complexity index is 412. The number of anilines is 1. The lowest BCUT2D eigenvalue weighted by molar-refractivity contribution is 0.229. The van der Waals surface area contributed by atoms with Crippen LogP contribution in [0.15, 0.2) is 18.3 Å². The van der Waals surface area contributed by atoms with E-state index in [4.69, 9.17) is 0 Å². The number of nitrogens with zero attached hydrogens (tertiary/aromatic N) is 3. The molecule has 20 heavy (non-hydrogen) atoms. The van der Waals surface area contributed by atoms with E-state index in [1.807, 2.05) is 6.20 Å². The largest absolute Gasteiger partial charge is 0.357 e. The first-order valence-electron chi connectivity index (χ1n) is 8.11. The number of hydrogen-bond acceptors (Lipinski definition) is 3. The number of pyridine rings is 1. The molecule has 0 bridgehead atoms. The third kappa shape index (κ3) is 3.32. The zero-order chi connectivity index (χ0) is 14.5. The minimum atomic E-state index is 0.557. The highest BCUT2D eigenvalue weighted by atomic mass is 15.2. The number of rotatable bonds is 6. The minimum absolute atomic E-state index is 0.557. The van der Waals surface area contributed by atoms with E-state index in [9.17, 15) is 0 Å². The lowest BCUT2D eigenvalue weighted by Gasteiger charge is -2.30. The lowest BCUT2D eigenvalue weighted by Crippen LogP contribution is -2.30. The van der Waals surface area contributed by atoms with Gasteiger partial charge in [0.25, 0.3) is 0 Å². The van der Waals surface area contributed by atoms with Crippen LogP contribution in [0, 0.1) is 5.92 Å². The highest BCUT2D eigenvalue weighted by molar-refractivity contribution is 5.48. The van der Waals surface area contributed by atoms with Gasteiger partial charge in [-0.15, -0.1) is 0 Å². The van der Waals surface area contributed by atoms with E-state index < -0.39 is 0 Å². The van der Waals surface area contributed by atoms with Crippen LogP contribution in [0.5, 0.6) is 0 Å². The molecule has 2 rings (SSSR count). The molecular weight excluding hydrogens is 246 g/mol. The van der Waals surface area contributed by atoms with E-state index in [-0.39, 0.29) is 0 Å². The van der Waals surface area contributed by atoms with Gasteiger partial charge in [0.2, 0.25) is 0 Å². The van der Waals surface area contributed by atoms with Gasteiger partial charge in [0.15, 0.2) is 0 Å². The van der Waals surface area contributed by atoms with Gasteiger partial charge >= 0.3 is 0 Å². The van der Waals surface area contributed by atoms with Crippen LogP contribution in [-0.4, -0.2) is 36.1 Å². The highest BCUT2D eigenvalue weighted by Crippen LogP contribution is 2.36. The Balaban J connectivity index is 2.27. The lowest BCUT2D eigenvalue weighted by atomic mass is 10.0. The Morgan fingerprint density at radius 3 is 2.75 bits per heavy atom. The van der Waals surface area contributed by atoms with Crippen molar-refractivity contribution in [3.05, 3.63) is 23.9 Å². The topological polar surface area (TPSA) is 19.4 Å². The summed E-state index contributed by atoms with van der Waals surface area (Å²) in [4.78, 5) is 9.70. The molecule has 0 aliphatic carbocycles. The van der Waals surface area contributed by atoms with E-state index in [0.717, 1.165) is 19.0 Å². The summed E-state index contributed by atoms with van der Waals surface area (Å²) in [5.41, 5.74) is 1.43. The standard InChI is InChI=1S/C17H29N3/c1-5-19(6-2)17-15(9-7-11-18-17)16-10-8-12-20(16)13-14(3)4/h7,9,11,14,16H,5-6,8,10,12-13H2,1-4H3/t16-/m1/s1. The molecule has 0 radical (unpaired) electrons. The maximum atomic E-state index is 4.68. The Labute approximate surface area is 124 Å². The van der Waals surface area contributed by atoms with Crippen molar-refractivity contribution in [3.63, 3.8) is 0 Å². The molecule has 1 aromatic rings. The molecule has 1 atom stereocenters. The van der Waals surface area contributed by atoms with Crippen molar-refractivity contribution in [2.75, 3.05) is 31.1 Å². The summed E-state index contributed by atoms with van der Waals surface area (Å²) >= 11 is 0. The van der Waals surface area contributed by atoms with Gasteiger partial charge < -0.3 is 4.90 Å². The van der Waals surface area contributed by atoms with Gasteiger partial charge in [0.05, 0.1) is 0 Å². The zero-order valence-electron chi connectivity index (χ0n) is 13.5. The number of aromatic nitrogens is 1. The van der Waals surface area contributed by atoms with Crippen LogP contribution < -0.4 is 4.90 Å². The summed E-state index contributed by atoms with van der Waals surface area (Å²) in [6, 6.07) is 4.93. The first kappa shape index (κ1) is 15.3. The zero-order valence-corrected chi connectivity index (χ0v) is 13.5. The van der Waals surface area contributed by atoms with Gasteiger partial charge in [-0.25, -0.2) is 4.98 Å². The van der Waals surface area contributed by atoms with Crippen molar-refractivity contribution in [2.24, 2.45) is 5.92 Å². The summed E-state index contributed by atoms with van der Waals surface area (Å²) in [6.45, 7) is 13.5. The fourth-order valence-electron chi connectivity index (χ4n) is 3.32. The molecule has 1 aliphatic heterocycles. The van der Waals surface area contributed by atoms with Crippen LogP contribution >= 0.6 is 0 Å². The Hall–Kier alpha value is -1.09. The quantitative estimate of drug-likeness (QED) is 0.789. The molecular formula is C17H29N3. The first-order chi connectivity index (χ1) is 9.67. The monoisotopic (exact) mass is 275 g/mol. The maximum Gasteiger partial charge on any atom is 0.133 e. The SMILES string of the molecule is CCN(CC)c1ncccc1[C@H]1CCCN1CC(C)C. The Morgan fingerprint density at radius 2 is 2.10 bits per heavy atom. The van der Waals surface area contributed by atoms with Crippen LogP contribution in [0.1, 0.15) is 52.1 Å². The van der Waals surface area contributed by atoms with Crippen LogP contribution in [-0.2, 0) is 0 Å². The van der Waals surface area contributed by atoms with Crippen molar-refractivity contribution >= 4 is 5.82 Å². The average Bonchev–Trinajstić information content (AvgIpc) is 2.88. The van der Waals surface area contributed by atoms with Crippen molar-refractivity contribution in [3.8, 4) is 0 Å². The molecule has 3 heteroatoms. The summed E-state index contributed by atoms with van der Waals surface area (Å²) in [6.07, 6.45) is 4.51. The number of likely N-dealkylation sites (tertiary alicyclic amines) is 1. The van der Waals surface area contributed by atoms with Crippen LogP contribution in [0.25, 0.3) is 0 Å². The van der Waals surface area contributed by atoms with Crippen molar-refractivity contribution < 1.29 is 0 Å². The third-order valence-corrected chi connectivity index (χ3v) is 4.20. The molecule has 3 nitrogen and oxygen atoms in total. The maximum absolute atomic E-state index is 4.68. The molecule has 2 heterocycles. The molecule has 1 saturated heterocycles. The predicted octanol–water partition coefficient (Wildman–Crippen LogP) is 3.72. The van der Waals surface area contributed by atoms with Gasteiger partial charge in [0, 0.05) is 37.4 Å². The van der Waals surface area contributed by atoms with Gasteiger partial charge in [-0.2, -0.15) is 0 Å². The highest BCUT2D eigenvalue weighted by Gasteiger charge is 2.29. The van der Waals surface area contributed by atoms with Crippen LogP contribution in [0.3, 0.4) is 0 Å². The van der Waals surface area contributed by atoms with Crippen LogP contribution in [0.2, 0.25) is 0 Å². The van der Waals surface area contributed by atoms with Gasteiger partial charge in [-0.05, 0) is 45.2 Å². The second kappa shape index (κ2) is 7.07. The third-order valence-electron chi connectivity index (χ3n) is 4.20. The van der Waals surface area contributed by atoms with E-state index in [1.165, 1.54) is 37.3 Å². The van der Waals surface area contributed by atoms with Crippen LogP contribution in [0.4, 0.5) is 5.82 Å². The van der Waals surface area contributed by atoms with Gasteiger partial charge in [-0.3, -0.25) is 4.90 Å². The van der Waals surface area contributed by atoms with E-state index >= 15 is 0 Å². The van der Waals surface area contributed by atoms with E-state index in [2.05, 4.69) is 54.6 Å². The molecule has 0 amide bonds. The van der Waals surface area contributed by atoms with E-state index in [0.29, 0.717) is 6.04 Å². The molecule has 0 aromatic carbocycles. The molecule has 1 aliphatic rings. The molecule has 1 aromatic heterocycles. The molecule has 0 N–H and O–H groups in total. The number of hydrogen-bond donors (Lipinski definition) is 0. The van der Waals surface area contributed by atoms with Gasteiger partial charge in [-0.1, -0.05) is 19.9 Å². The first-order valence-corrected chi connectivity index (χ1v) is 8.11. The molecule has 112 valence electrons. The van der Waals surface area contributed by atoms with Crippen molar-refractivity contribution in [1.29, 1.82) is 0 Å². The van der Waals surface area contributed by atoms with Gasteiger partial charge in [0.1, 0.15) is 5.82 Å². The Morgan fingerprint density at radius 1 is 1.35 bits per heavy atom. The average molecular weight is 275 g/mol. The van der Waals surface area contributed by atoms with Crippen molar-refractivity contribution in [2.45, 2.75) is 46.6 Å². The minimum Gasteiger partial charge on any atom is -0.357 e. The predicted molar refractivity (Wildman–Crippen MR) is 86.2 cm³/mol. The summed E-state index contributed by atoms with van der Waals surface area (Å²) in [5, 5.41) is 0. The fraction of sp³-hybridized carbons (Fsp3) is 0.706. The fourth-order valence-corrected chi connectivity index (χ4v) is 3.32. The molecule has 0 spiro atoms. The van der Waals surface area contributed by atoms with E-state index in [1.54, 1.807) is 0 Å². The summed E-state index contributed by atoms with van der Waals surface area (Å²) < 4.78 is 0. The second-order valence-corrected chi connectivity index (χ2v) is 6.14. The smallest absolute Gasteiger partial charge is 0.133 e. The molecule has 1 fully saturated rings. The second-order valence-electron chi connectivity index (χ2n) is 6.14. The normalized spacial score (nSPS) is 19.8.